The van der Waals surface area contributed by atoms with Crippen LogP contribution in [0.1, 0.15) is 0 Å². The zero-order valence-electron chi connectivity index (χ0n) is 28.9. The van der Waals surface area contributed by atoms with Crippen molar-refractivity contribution in [1.29, 1.82) is 0 Å². The highest BCUT2D eigenvalue weighted by molar-refractivity contribution is 6.17. The van der Waals surface area contributed by atoms with Gasteiger partial charge in [-0.1, -0.05) is 103 Å². The number of para-hydroxylation sites is 1. The number of fused-ring (bicyclic) bond motifs is 8. The molecule has 54 heavy (non-hydrogen) atoms. The maximum Gasteiger partial charge on any atom is 0.227 e. The Morgan fingerprint density at radius 3 is 1.63 bits per heavy atom. The van der Waals surface area contributed by atoms with Crippen LogP contribution in [0.2, 0.25) is 0 Å². The lowest BCUT2D eigenvalue weighted by Crippen LogP contribution is -2.09. The predicted octanol–water partition coefficient (Wildman–Crippen LogP) is 14.1. The van der Waals surface area contributed by atoms with Gasteiger partial charge in [0, 0.05) is 50.9 Å². The summed E-state index contributed by atoms with van der Waals surface area (Å²) in [6.07, 6.45) is 0. The van der Waals surface area contributed by atoms with Gasteiger partial charge in [0.05, 0.1) is 5.39 Å². The van der Waals surface area contributed by atoms with Crippen LogP contribution in [0.4, 0.5) is 17.1 Å². The van der Waals surface area contributed by atoms with Gasteiger partial charge in [0.25, 0.3) is 0 Å². The van der Waals surface area contributed by atoms with Gasteiger partial charge in [-0.25, -0.2) is 4.98 Å². The van der Waals surface area contributed by atoms with Crippen LogP contribution in [0.3, 0.4) is 0 Å². The molecule has 0 fully saturated rings. The van der Waals surface area contributed by atoms with Crippen LogP contribution in [0, 0.1) is 0 Å². The van der Waals surface area contributed by atoms with Crippen molar-refractivity contribution in [2.45, 2.75) is 0 Å². The summed E-state index contributed by atoms with van der Waals surface area (Å²) in [5, 5.41) is 4.11. The van der Waals surface area contributed by atoms with E-state index in [1.807, 2.05) is 60.7 Å². The van der Waals surface area contributed by atoms with E-state index in [-0.39, 0.29) is 0 Å². The molecule has 0 aliphatic heterocycles. The highest BCUT2D eigenvalue weighted by Gasteiger charge is 2.20. The number of anilines is 3. The minimum absolute atomic E-state index is 0.589. The number of hydrogen-bond acceptors (Lipinski definition) is 5. The van der Waals surface area contributed by atoms with Gasteiger partial charge in [0.15, 0.2) is 5.58 Å². The lowest BCUT2D eigenvalue weighted by molar-refractivity contribution is 0.619. The van der Waals surface area contributed by atoms with Gasteiger partial charge in [-0.3, -0.25) is 0 Å². The molecule has 8 aromatic carbocycles. The molecule has 3 heterocycles. The normalized spacial score (nSPS) is 11.7. The summed E-state index contributed by atoms with van der Waals surface area (Å²) < 4.78 is 19.1. The van der Waals surface area contributed by atoms with Crippen molar-refractivity contribution in [3.63, 3.8) is 0 Å². The van der Waals surface area contributed by atoms with E-state index in [2.05, 4.69) is 126 Å². The average molecular weight is 695 g/mol. The van der Waals surface area contributed by atoms with E-state index in [1.165, 1.54) is 16.7 Å². The SMILES string of the molecule is c1ccc(-c2nc3c(ccc4oc5cc(N(c6ccc(-c7ccccc7-c7ccccc7)cc6)c6ccc7c(c6)oc6ccccc67)ccc5c43)o2)cc1. The van der Waals surface area contributed by atoms with E-state index in [0.717, 1.165) is 83.2 Å². The molecule has 0 bridgehead atoms. The Balaban J connectivity index is 1.06. The quantitative estimate of drug-likeness (QED) is 0.173. The van der Waals surface area contributed by atoms with Crippen LogP contribution < -0.4 is 4.90 Å². The van der Waals surface area contributed by atoms with E-state index in [0.29, 0.717) is 5.89 Å². The molecule has 11 rings (SSSR count). The van der Waals surface area contributed by atoms with Gasteiger partial charge < -0.3 is 18.2 Å². The number of furan rings is 2. The van der Waals surface area contributed by atoms with Crippen molar-refractivity contribution < 1.29 is 13.3 Å². The first-order chi connectivity index (χ1) is 26.7. The topological polar surface area (TPSA) is 55.6 Å². The number of oxazole rings is 1. The third-order valence-corrected chi connectivity index (χ3v) is 10.3. The lowest BCUT2D eigenvalue weighted by Gasteiger charge is -2.25. The fourth-order valence-corrected chi connectivity index (χ4v) is 7.78. The first kappa shape index (κ1) is 30.3. The van der Waals surface area contributed by atoms with Gasteiger partial charge in [-0.2, -0.15) is 0 Å². The molecule has 0 spiro atoms. The van der Waals surface area contributed by atoms with E-state index in [4.69, 9.17) is 18.2 Å². The van der Waals surface area contributed by atoms with Gasteiger partial charge in [0.2, 0.25) is 5.89 Å². The standard InChI is InChI=1S/C49H30N2O3/c1-3-11-31(12-4-1)37-15-7-8-16-38(37)32-19-21-34(22-20-32)51(35-23-25-40-39-17-9-10-18-42(39)52-45(40)29-35)36-24-26-41-46(30-36)53-43-27-28-44-48(47(41)43)50-49(54-44)33-13-5-2-6-14-33/h1-30H. The molecule has 0 N–H and O–H groups in total. The Hall–Kier alpha value is -7.37. The molecular formula is C49H30N2O3. The number of nitrogens with zero attached hydrogens (tertiary/aromatic N) is 2. The first-order valence-electron chi connectivity index (χ1n) is 18.0. The largest absolute Gasteiger partial charge is 0.456 e. The van der Waals surface area contributed by atoms with Crippen molar-refractivity contribution in [2.24, 2.45) is 0 Å². The Labute approximate surface area is 309 Å². The Morgan fingerprint density at radius 2 is 0.889 bits per heavy atom. The predicted molar refractivity (Wildman–Crippen MR) is 220 cm³/mol. The van der Waals surface area contributed by atoms with Crippen LogP contribution in [-0.4, -0.2) is 4.98 Å². The van der Waals surface area contributed by atoms with E-state index in [9.17, 15) is 0 Å². The van der Waals surface area contributed by atoms with Crippen molar-refractivity contribution in [3.8, 4) is 33.7 Å². The van der Waals surface area contributed by atoms with Gasteiger partial charge in [0.1, 0.15) is 27.8 Å². The summed E-state index contributed by atoms with van der Waals surface area (Å²) in [6.45, 7) is 0. The summed E-state index contributed by atoms with van der Waals surface area (Å²) in [7, 11) is 0. The van der Waals surface area contributed by atoms with Crippen LogP contribution >= 0.6 is 0 Å². The Bertz CT molecular complexity index is 3160. The van der Waals surface area contributed by atoms with Crippen molar-refractivity contribution >= 4 is 72.0 Å². The smallest absolute Gasteiger partial charge is 0.227 e. The second-order valence-corrected chi connectivity index (χ2v) is 13.5. The lowest BCUT2D eigenvalue weighted by atomic mass is 9.94. The van der Waals surface area contributed by atoms with Crippen LogP contribution in [-0.2, 0) is 0 Å². The second-order valence-electron chi connectivity index (χ2n) is 13.5. The minimum atomic E-state index is 0.589. The van der Waals surface area contributed by atoms with E-state index in [1.54, 1.807) is 0 Å². The summed E-state index contributed by atoms with van der Waals surface area (Å²) in [5.74, 6) is 0.589. The third-order valence-electron chi connectivity index (χ3n) is 10.3. The minimum Gasteiger partial charge on any atom is -0.456 e. The number of hydrogen-bond donors (Lipinski definition) is 0. The highest BCUT2D eigenvalue weighted by atomic mass is 16.4. The van der Waals surface area contributed by atoms with Gasteiger partial charge >= 0.3 is 0 Å². The molecule has 0 aliphatic carbocycles. The molecule has 0 aliphatic rings. The van der Waals surface area contributed by atoms with Crippen molar-refractivity contribution in [2.75, 3.05) is 4.90 Å². The fraction of sp³-hybridized carbons (Fsp3) is 0. The molecule has 0 saturated heterocycles. The van der Waals surface area contributed by atoms with Gasteiger partial charge in [-0.15, -0.1) is 0 Å². The Kier molecular flexibility index (Phi) is 6.79. The van der Waals surface area contributed by atoms with Crippen molar-refractivity contribution in [1.82, 2.24) is 4.98 Å². The summed E-state index contributed by atoms with van der Waals surface area (Å²) in [6, 6.07) is 62.8. The van der Waals surface area contributed by atoms with Crippen LogP contribution in [0.25, 0.3) is 88.7 Å². The molecule has 0 radical (unpaired) electrons. The molecule has 5 nitrogen and oxygen atoms in total. The summed E-state index contributed by atoms with van der Waals surface area (Å²) in [5.41, 5.74) is 13.3. The van der Waals surface area contributed by atoms with Crippen molar-refractivity contribution in [3.05, 3.63) is 182 Å². The number of rotatable bonds is 6. The molecule has 0 amide bonds. The second kappa shape index (κ2) is 12.1. The van der Waals surface area contributed by atoms with Crippen LogP contribution in [0.5, 0.6) is 0 Å². The molecule has 5 heteroatoms. The van der Waals surface area contributed by atoms with E-state index >= 15 is 0 Å². The highest BCUT2D eigenvalue weighted by Crippen LogP contribution is 2.43. The zero-order valence-corrected chi connectivity index (χ0v) is 28.9. The zero-order chi connectivity index (χ0) is 35.6. The first-order valence-corrected chi connectivity index (χ1v) is 18.0. The maximum absolute atomic E-state index is 6.55. The molecule has 3 aromatic heterocycles. The van der Waals surface area contributed by atoms with Gasteiger partial charge in [-0.05, 0) is 89.0 Å². The summed E-state index contributed by atoms with van der Waals surface area (Å²) in [4.78, 5) is 7.20. The molecule has 0 unspecified atom stereocenters. The third kappa shape index (κ3) is 4.90. The maximum atomic E-state index is 6.55. The monoisotopic (exact) mass is 694 g/mol. The van der Waals surface area contributed by atoms with E-state index < -0.39 is 0 Å². The number of benzene rings is 8. The molecule has 11 aromatic rings. The molecular weight excluding hydrogens is 665 g/mol. The average Bonchev–Trinajstić information content (AvgIpc) is 3.95. The molecule has 0 atom stereocenters. The molecule has 254 valence electrons. The Morgan fingerprint density at radius 1 is 0.352 bits per heavy atom. The summed E-state index contributed by atoms with van der Waals surface area (Å²) >= 11 is 0. The fourth-order valence-electron chi connectivity index (χ4n) is 7.78. The van der Waals surface area contributed by atoms with Crippen LogP contribution in [0.15, 0.2) is 195 Å². The number of aromatic nitrogens is 1. The molecule has 0 saturated carbocycles.